The number of hydrogen-bond acceptors (Lipinski definition) is 3. The van der Waals surface area contributed by atoms with Gasteiger partial charge in [0.05, 0.1) is 5.56 Å². The van der Waals surface area contributed by atoms with Crippen molar-refractivity contribution in [1.29, 1.82) is 0 Å². The molecule has 0 aliphatic heterocycles. The Morgan fingerprint density at radius 1 is 0.605 bits per heavy atom. The van der Waals surface area contributed by atoms with E-state index in [0.717, 1.165) is 39.0 Å². The van der Waals surface area contributed by atoms with Crippen molar-refractivity contribution in [3.05, 3.63) is 161 Å². The molecule has 0 saturated heterocycles. The molecule has 4 heteroatoms. The fourth-order valence-electron chi connectivity index (χ4n) is 5.05. The highest BCUT2D eigenvalue weighted by Gasteiger charge is 2.14. The summed E-state index contributed by atoms with van der Waals surface area (Å²) in [5.41, 5.74) is 8.77. The first-order valence-electron chi connectivity index (χ1n) is 14.3. The average molecular weight is 561 g/mol. The number of aryl methyl sites for hydroxylation is 2. The van der Waals surface area contributed by atoms with E-state index in [1.807, 2.05) is 54.6 Å². The summed E-state index contributed by atoms with van der Waals surface area (Å²) >= 11 is 0. The van der Waals surface area contributed by atoms with Gasteiger partial charge in [-0.3, -0.25) is 4.79 Å². The number of phenolic OH excluding ortho intramolecular Hbond substituents is 1. The van der Waals surface area contributed by atoms with Crippen molar-refractivity contribution >= 4 is 51.6 Å². The zero-order chi connectivity index (χ0) is 29.8. The lowest BCUT2D eigenvalue weighted by molar-refractivity contribution is 0.102. The van der Waals surface area contributed by atoms with Gasteiger partial charge in [0.1, 0.15) is 5.75 Å². The highest BCUT2D eigenvalue weighted by atomic mass is 16.3. The molecular formula is C39H32N2O2. The molecule has 0 fully saturated rings. The van der Waals surface area contributed by atoms with Crippen LogP contribution in [0.4, 0.5) is 22.7 Å². The number of carbonyl (C=O) groups excluding carboxylic acids is 1. The van der Waals surface area contributed by atoms with Crippen LogP contribution in [0.5, 0.6) is 5.75 Å². The minimum absolute atomic E-state index is 0.0392. The molecule has 0 spiro atoms. The van der Waals surface area contributed by atoms with Crippen LogP contribution in [0.25, 0.3) is 22.9 Å². The monoisotopic (exact) mass is 560 g/mol. The van der Waals surface area contributed by atoms with E-state index in [4.69, 9.17) is 0 Å². The van der Waals surface area contributed by atoms with Crippen LogP contribution in [0.1, 0.15) is 32.6 Å². The van der Waals surface area contributed by atoms with Crippen LogP contribution >= 0.6 is 0 Å². The van der Waals surface area contributed by atoms with Crippen molar-refractivity contribution in [2.45, 2.75) is 13.8 Å². The molecule has 0 aliphatic rings. The van der Waals surface area contributed by atoms with Gasteiger partial charge in [-0.2, -0.15) is 0 Å². The number of rotatable bonds is 7. The number of amides is 1. The predicted molar refractivity (Wildman–Crippen MR) is 180 cm³/mol. The molecule has 0 bridgehead atoms. The van der Waals surface area contributed by atoms with Gasteiger partial charge in [0.25, 0.3) is 5.91 Å². The van der Waals surface area contributed by atoms with Crippen molar-refractivity contribution in [3.63, 3.8) is 0 Å². The SMILES string of the molecule is Cc1ccc(N(c2ccc(C)cc2)c2ccc(/C=C/c3ccc(NC(=O)c4cc5ccccc5cc4O)cc3)cc2)cc1. The fraction of sp³-hybridized carbons (Fsp3) is 0.0513. The molecule has 6 rings (SSSR count). The van der Waals surface area contributed by atoms with Crippen LogP contribution in [0, 0.1) is 13.8 Å². The van der Waals surface area contributed by atoms with Crippen molar-refractivity contribution in [1.82, 2.24) is 0 Å². The van der Waals surface area contributed by atoms with Crippen LogP contribution in [-0.2, 0) is 0 Å². The minimum atomic E-state index is -0.350. The molecule has 43 heavy (non-hydrogen) atoms. The Morgan fingerprint density at radius 3 is 1.56 bits per heavy atom. The molecule has 6 aromatic rings. The van der Waals surface area contributed by atoms with Gasteiger partial charge in [-0.25, -0.2) is 0 Å². The highest BCUT2D eigenvalue weighted by Crippen LogP contribution is 2.35. The van der Waals surface area contributed by atoms with Gasteiger partial charge in [0.15, 0.2) is 0 Å². The molecular weight excluding hydrogens is 528 g/mol. The lowest BCUT2D eigenvalue weighted by Crippen LogP contribution is -2.12. The van der Waals surface area contributed by atoms with E-state index >= 15 is 0 Å². The Kier molecular flexibility index (Phi) is 7.75. The Labute approximate surface area is 252 Å². The number of hydrogen-bond donors (Lipinski definition) is 2. The standard InChI is InChI=1S/C39H32N2O2/c1-27-7-19-34(20-8-27)41(35-21-9-28(2)10-22-35)36-23-15-30(16-24-36)12-11-29-13-17-33(18-14-29)40-39(43)37-25-31-5-3-4-6-32(31)26-38(37)42/h3-26,42H,1-2H3,(H,40,43)/b12-11+. The lowest BCUT2D eigenvalue weighted by Gasteiger charge is -2.25. The normalized spacial score (nSPS) is 11.1. The smallest absolute Gasteiger partial charge is 0.259 e. The van der Waals surface area contributed by atoms with E-state index in [9.17, 15) is 9.90 Å². The summed E-state index contributed by atoms with van der Waals surface area (Å²) in [5.74, 6) is -0.389. The topological polar surface area (TPSA) is 52.6 Å². The number of benzene rings is 6. The van der Waals surface area contributed by atoms with Crippen LogP contribution in [0.2, 0.25) is 0 Å². The van der Waals surface area contributed by atoms with Gasteiger partial charge in [-0.15, -0.1) is 0 Å². The summed E-state index contributed by atoms with van der Waals surface area (Å²) in [7, 11) is 0. The van der Waals surface area contributed by atoms with Crippen LogP contribution in [0.3, 0.4) is 0 Å². The first kappa shape index (κ1) is 27.6. The Morgan fingerprint density at radius 2 is 1.05 bits per heavy atom. The van der Waals surface area contributed by atoms with Gasteiger partial charge in [0, 0.05) is 22.7 Å². The van der Waals surface area contributed by atoms with Crippen molar-refractivity contribution in [2.24, 2.45) is 0 Å². The second kappa shape index (κ2) is 12.1. The summed E-state index contributed by atoms with van der Waals surface area (Å²) in [4.78, 5) is 15.1. The predicted octanol–water partition coefficient (Wildman–Crippen LogP) is 10.1. The molecule has 210 valence electrons. The van der Waals surface area contributed by atoms with Gasteiger partial charge in [-0.05, 0) is 96.4 Å². The highest BCUT2D eigenvalue weighted by molar-refractivity contribution is 6.08. The third kappa shape index (κ3) is 6.34. The Bertz CT molecular complexity index is 1860. The summed E-state index contributed by atoms with van der Waals surface area (Å²) in [6, 6.07) is 44.3. The third-order valence-electron chi connectivity index (χ3n) is 7.48. The number of phenols is 1. The molecule has 0 saturated carbocycles. The number of nitrogens with one attached hydrogen (secondary N) is 1. The molecule has 0 unspecified atom stereocenters. The zero-order valence-electron chi connectivity index (χ0n) is 24.2. The lowest BCUT2D eigenvalue weighted by atomic mass is 10.1. The maximum Gasteiger partial charge on any atom is 0.259 e. The van der Waals surface area contributed by atoms with E-state index < -0.39 is 0 Å². The van der Waals surface area contributed by atoms with E-state index in [1.165, 1.54) is 11.1 Å². The summed E-state index contributed by atoms with van der Waals surface area (Å²) in [5, 5.41) is 15.1. The van der Waals surface area contributed by atoms with Gasteiger partial charge < -0.3 is 15.3 Å². The van der Waals surface area contributed by atoms with E-state index in [2.05, 4.69) is 103 Å². The second-order valence-corrected chi connectivity index (χ2v) is 10.7. The van der Waals surface area contributed by atoms with Crippen molar-refractivity contribution in [3.8, 4) is 5.75 Å². The molecule has 0 aliphatic carbocycles. The second-order valence-electron chi connectivity index (χ2n) is 10.7. The van der Waals surface area contributed by atoms with E-state index in [-0.39, 0.29) is 17.2 Å². The molecule has 0 radical (unpaired) electrons. The van der Waals surface area contributed by atoms with Crippen LogP contribution < -0.4 is 10.2 Å². The van der Waals surface area contributed by atoms with Crippen molar-refractivity contribution in [2.75, 3.05) is 10.2 Å². The maximum atomic E-state index is 12.9. The molecule has 0 aromatic heterocycles. The van der Waals surface area contributed by atoms with Crippen LogP contribution in [0.15, 0.2) is 133 Å². The average Bonchev–Trinajstić information content (AvgIpc) is 3.03. The Balaban J connectivity index is 1.15. The number of anilines is 4. The number of aromatic hydroxyl groups is 1. The largest absolute Gasteiger partial charge is 0.507 e. The zero-order valence-corrected chi connectivity index (χ0v) is 24.2. The van der Waals surface area contributed by atoms with Crippen molar-refractivity contribution < 1.29 is 9.90 Å². The van der Waals surface area contributed by atoms with E-state index in [1.54, 1.807) is 12.1 Å². The molecule has 1 amide bonds. The maximum absolute atomic E-state index is 12.9. The van der Waals surface area contributed by atoms with Crippen LogP contribution in [-0.4, -0.2) is 11.0 Å². The fourth-order valence-corrected chi connectivity index (χ4v) is 5.05. The third-order valence-corrected chi connectivity index (χ3v) is 7.48. The summed E-state index contributed by atoms with van der Waals surface area (Å²) in [6.07, 6.45) is 4.13. The first-order valence-corrected chi connectivity index (χ1v) is 14.3. The first-order chi connectivity index (χ1) is 20.9. The number of carbonyl (C=O) groups is 1. The molecule has 0 atom stereocenters. The molecule has 4 nitrogen and oxygen atoms in total. The number of fused-ring (bicyclic) bond motifs is 1. The summed E-state index contributed by atoms with van der Waals surface area (Å²) in [6.45, 7) is 4.20. The molecule has 2 N–H and O–H groups in total. The summed E-state index contributed by atoms with van der Waals surface area (Å²) < 4.78 is 0. The molecule has 0 heterocycles. The van der Waals surface area contributed by atoms with E-state index in [0.29, 0.717) is 5.69 Å². The number of nitrogens with zero attached hydrogens (tertiary/aromatic N) is 1. The van der Waals surface area contributed by atoms with Gasteiger partial charge in [-0.1, -0.05) is 96.1 Å². The Hall–Kier alpha value is -5.61. The van der Waals surface area contributed by atoms with Gasteiger partial charge >= 0.3 is 0 Å². The minimum Gasteiger partial charge on any atom is -0.507 e. The quantitative estimate of drug-likeness (QED) is 0.191. The van der Waals surface area contributed by atoms with Gasteiger partial charge in [0.2, 0.25) is 0 Å². The molecule has 6 aromatic carbocycles.